The molecule has 1 aliphatic rings. The van der Waals surface area contributed by atoms with Gasteiger partial charge in [-0.05, 0) is 74.4 Å². The number of aryl methyl sites for hydroxylation is 3. The highest BCUT2D eigenvalue weighted by atomic mass is 16.5. The molecular weight excluding hydrogens is 400 g/mol. The van der Waals surface area contributed by atoms with Gasteiger partial charge >= 0.3 is 0 Å². The van der Waals surface area contributed by atoms with Crippen molar-refractivity contribution in [1.82, 2.24) is 10.2 Å². The van der Waals surface area contributed by atoms with E-state index in [0.29, 0.717) is 18.7 Å². The summed E-state index contributed by atoms with van der Waals surface area (Å²) in [5, 5.41) is 3.18. The molecule has 172 valence electrons. The summed E-state index contributed by atoms with van der Waals surface area (Å²) in [6.45, 7) is 8.35. The van der Waals surface area contributed by atoms with E-state index in [1.165, 1.54) is 5.56 Å². The number of ether oxygens (including phenoxy) is 1. The lowest BCUT2D eigenvalue weighted by atomic mass is 10.1. The fourth-order valence-corrected chi connectivity index (χ4v) is 4.29. The van der Waals surface area contributed by atoms with Gasteiger partial charge in [0.05, 0.1) is 0 Å². The van der Waals surface area contributed by atoms with E-state index in [9.17, 15) is 9.59 Å². The van der Waals surface area contributed by atoms with Crippen LogP contribution in [0.15, 0.2) is 42.5 Å². The summed E-state index contributed by atoms with van der Waals surface area (Å²) in [6.07, 6.45) is 4.89. The lowest BCUT2D eigenvalue weighted by Crippen LogP contribution is -2.52. The molecule has 1 atom stereocenters. The van der Waals surface area contributed by atoms with E-state index in [0.717, 1.165) is 42.4 Å². The van der Waals surface area contributed by atoms with Crippen LogP contribution in [0.5, 0.6) is 5.75 Å². The number of carbonyl (C=O) groups excluding carboxylic acids is 2. The van der Waals surface area contributed by atoms with Crippen molar-refractivity contribution < 1.29 is 14.3 Å². The number of rotatable bonds is 9. The Hall–Kier alpha value is -2.82. The number of nitrogens with one attached hydrogen (secondary N) is 1. The monoisotopic (exact) mass is 436 g/mol. The van der Waals surface area contributed by atoms with Gasteiger partial charge < -0.3 is 15.0 Å². The zero-order chi connectivity index (χ0) is 23.1. The summed E-state index contributed by atoms with van der Waals surface area (Å²) in [7, 11) is 0. The maximum absolute atomic E-state index is 13.3. The van der Waals surface area contributed by atoms with Crippen molar-refractivity contribution in [3.05, 3.63) is 64.7 Å². The van der Waals surface area contributed by atoms with E-state index in [4.69, 9.17) is 4.74 Å². The molecule has 2 amide bonds. The summed E-state index contributed by atoms with van der Waals surface area (Å²) in [5.74, 6) is 0.424. The number of hydrogen-bond donors (Lipinski definition) is 1. The number of hydrogen-bond acceptors (Lipinski definition) is 3. The molecule has 0 aliphatic heterocycles. The molecule has 1 unspecified atom stereocenters. The van der Waals surface area contributed by atoms with Crippen molar-refractivity contribution in [3.63, 3.8) is 0 Å². The lowest BCUT2D eigenvalue weighted by molar-refractivity contribution is -0.143. The second-order valence-corrected chi connectivity index (χ2v) is 8.90. The molecular formula is C27H36N2O3. The molecule has 1 fully saturated rings. The van der Waals surface area contributed by atoms with Gasteiger partial charge in [-0.2, -0.15) is 0 Å². The normalized spacial score (nSPS) is 14.8. The van der Waals surface area contributed by atoms with Crippen LogP contribution in [0.25, 0.3) is 0 Å². The molecule has 5 nitrogen and oxygen atoms in total. The number of amides is 2. The fourth-order valence-electron chi connectivity index (χ4n) is 4.29. The van der Waals surface area contributed by atoms with Gasteiger partial charge in [-0.25, -0.2) is 0 Å². The minimum Gasteiger partial charge on any atom is -0.484 e. The molecule has 0 bridgehead atoms. The van der Waals surface area contributed by atoms with Crippen molar-refractivity contribution in [3.8, 4) is 5.75 Å². The first-order chi connectivity index (χ1) is 15.4. The van der Waals surface area contributed by atoms with Gasteiger partial charge in [0.1, 0.15) is 11.8 Å². The Labute approximate surface area is 192 Å². The van der Waals surface area contributed by atoms with E-state index < -0.39 is 6.04 Å². The van der Waals surface area contributed by atoms with Crippen molar-refractivity contribution in [1.29, 1.82) is 0 Å². The molecule has 1 N–H and O–H groups in total. The zero-order valence-corrected chi connectivity index (χ0v) is 19.8. The van der Waals surface area contributed by atoms with Crippen LogP contribution in [0.4, 0.5) is 0 Å². The van der Waals surface area contributed by atoms with E-state index >= 15 is 0 Å². The van der Waals surface area contributed by atoms with E-state index in [1.807, 2.05) is 70.2 Å². The van der Waals surface area contributed by atoms with Gasteiger partial charge in [0.2, 0.25) is 5.91 Å². The summed E-state index contributed by atoms with van der Waals surface area (Å²) >= 11 is 0. The van der Waals surface area contributed by atoms with Crippen LogP contribution < -0.4 is 10.1 Å². The SMILES string of the molecule is CCC(C(=O)NC1CCCC1)N(Cc1ccccc1C)C(=O)COc1ccc(C)c(C)c1. The molecule has 1 saturated carbocycles. The van der Waals surface area contributed by atoms with Gasteiger partial charge in [0, 0.05) is 12.6 Å². The Morgan fingerprint density at radius 2 is 1.75 bits per heavy atom. The topological polar surface area (TPSA) is 58.6 Å². The van der Waals surface area contributed by atoms with E-state index in [-0.39, 0.29) is 24.5 Å². The van der Waals surface area contributed by atoms with Crippen molar-refractivity contribution in [2.45, 2.75) is 78.4 Å². The molecule has 32 heavy (non-hydrogen) atoms. The molecule has 0 heterocycles. The van der Waals surface area contributed by atoms with Crippen LogP contribution in [0.2, 0.25) is 0 Å². The van der Waals surface area contributed by atoms with E-state index in [2.05, 4.69) is 5.32 Å². The maximum Gasteiger partial charge on any atom is 0.261 e. The summed E-state index contributed by atoms with van der Waals surface area (Å²) in [5.41, 5.74) is 4.44. The maximum atomic E-state index is 13.3. The highest BCUT2D eigenvalue weighted by Crippen LogP contribution is 2.21. The average molecular weight is 437 g/mol. The molecule has 2 aromatic rings. The third-order valence-electron chi connectivity index (χ3n) is 6.53. The Morgan fingerprint density at radius 3 is 2.41 bits per heavy atom. The number of carbonyl (C=O) groups is 2. The first kappa shape index (κ1) is 23.8. The van der Waals surface area contributed by atoms with E-state index in [1.54, 1.807) is 4.90 Å². The predicted octanol–water partition coefficient (Wildman–Crippen LogP) is 4.86. The third-order valence-corrected chi connectivity index (χ3v) is 6.53. The third kappa shape index (κ3) is 6.12. The van der Waals surface area contributed by atoms with Crippen LogP contribution in [0.1, 0.15) is 61.3 Å². The largest absolute Gasteiger partial charge is 0.484 e. The quantitative estimate of drug-likeness (QED) is 0.611. The number of nitrogens with zero attached hydrogens (tertiary/aromatic N) is 1. The first-order valence-corrected chi connectivity index (χ1v) is 11.7. The van der Waals surface area contributed by atoms with Crippen LogP contribution >= 0.6 is 0 Å². The van der Waals surface area contributed by atoms with Crippen LogP contribution in [-0.4, -0.2) is 35.4 Å². The number of benzene rings is 2. The van der Waals surface area contributed by atoms with Crippen molar-refractivity contribution in [2.75, 3.05) is 6.61 Å². The van der Waals surface area contributed by atoms with Crippen LogP contribution in [0.3, 0.4) is 0 Å². The van der Waals surface area contributed by atoms with Gasteiger partial charge in [0.15, 0.2) is 6.61 Å². The summed E-state index contributed by atoms with van der Waals surface area (Å²) in [4.78, 5) is 28.2. The summed E-state index contributed by atoms with van der Waals surface area (Å²) < 4.78 is 5.84. The molecule has 0 aromatic heterocycles. The molecule has 0 spiro atoms. The zero-order valence-electron chi connectivity index (χ0n) is 19.8. The second-order valence-electron chi connectivity index (χ2n) is 8.90. The molecule has 2 aromatic carbocycles. The fraction of sp³-hybridized carbons (Fsp3) is 0.481. The molecule has 5 heteroatoms. The minimum absolute atomic E-state index is 0.0625. The first-order valence-electron chi connectivity index (χ1n) is 11.7. The van der Waals surface area contributed by atoms with Gasteiger partial charge in [-0.3, -0.25) is 9.59 Å². The second kappa shape index (κ2) is 11.2. The predicted molar refractivity (Wildman–Crippen MR) is 128 cm³/mol. The molecule has 1 aliphatic carbocycles. The Morgan fingerprint density at radius 1 is 1.03 bits per heavy atom. The molecule has 0 saturated heterocycles. The Bertz CT molecular complexity index is 934. The Kier molecular flexibility index (Phi) is 8.32. The Balaban J connectivity index is 1.77. The minimum atomic E-state index is -0.522. The smallest absolute Gasteiger partial charge is 0.261 e. The van der Waals surface area contributed by atoms with Gasteiger partial charge in [-0.1, -0.05) is 50.1 Å². The highest BCUT2D eigenvalue weighted by molar-refractivity contribution is 5.88. The van der Waals surface area contributed by atoms with Gasteiger partial charge in [0.25, 0.3) is 5.91 Å². The van der Waals surface area contributed by atoms with Gasteiger partial charge in [-0.15, -0.1) is 0 Å². The van der Waals surface area contributed by atoms with Crippen molar-refractivity contribution in [2.24, 2.45) is 0 Å². The lowest BCUT2D eigenvalue weighted by Gasteiger charge is -2.32. The highest BCUT2D eigenvalue weighted by Gasteiger charge is 2.31. The molecule has 0 radical (unpaired) electrons. The van der Waals surface area contributed by atoms with Crippen molar-refractivity contribution >= 4 is 11.8 Å². The summed E-state index contributed by atoms with van der Waals surface area (Å²) in [6, 6.07) is 13.5. The van der Waals surface area contributed by atoms with Crippen LogP contribution in [-0.2, 0) is 16.1 Å². The molecule has 3 rings (SSSR count). The average Bonchev–Trinajstić information content (AvgIpc) is 3.28. The standard InChI is InChI=1S/C27H36N2O3/c1-5-25(27(31)28-23-12-8-9-13-23)29(17-22-11-7-6-10-20(22)3)26(30)18-32-24-15-14-19(2)21(4)16-24/h6-7,10-11,14-16,23,25H,5,8-9,12-13,17-18H2,1-4H3,(H,28,31). The van der Waals surface area contributed by atoms with Crippen LogP contribution in [0, 0.1) is 20.8 Å².